The van der Waals surface area contributed by atoms with Crippen molar-refractivity contribution < 1.29 is 13.2 Å². The standard InChI is InChI=1S/C15H18F3N3/c1-14(9-20-13(19)21(14)8-10-6-7-10)11-4-2-3-5-12(11)15(16,17)18/h2-5,10H,6-9H2,1H3,(H2,19,20). The number of aliphatic imine (C=N–C) groups is 1. The van der Waals surface area contributed by atoms with Crippen molar-refractivity contribution >= 4 is 5.96 Å². The Kier molecular flexibility index (Phi) is 3.15. The van der Waals surface area contributed by atoms with E-state index < -0.39 is 17.3 Å². The Morgan fingerprint density at radius 3 is 2.62 bits per heavy atom. The minimum atomic E-state index is -4.37. The van der Waals surface area contributed by atoms with Crippen LogP contribution in [0, 0.1) is 5.92 Å². The van der Waals surface area contributed by atoms with Crippen LogP contribution in [0.4, 0.5) is 13.2 Å². The molecule has 0 saturated heterocycles. The topological polar surface area (TPSA) is 41.6 Å². The third-order valence-corrected chi connectivity index (χ3v) is 4.37. The van der Waals surface area contributed by atoms with Crippen LogP contribution in [0.3, 0.4) is 0 Å². The van der Waals surface area contributed by atoms with Crippen LogP contribution >= 0.6 is 0 Å². The summed E-state index contributed by atoms with van der Waals surface area (Å²) in [5.41, 5.74) is 4.75. The fourth-order valence-corrected chi connectivity index (χ4v) is 2.94. The van der Waals surface area contributed by atoms with Gasteiger partial charge in [0.25, 0.3) is 0 Å². The number of nitrogens with zero attached hydrogens (tertiary/aromatic N) is 2. The van der Waals surface area contributed by atoms with Crippen molar-refractivity contribution in [3.05, 3.63) is 35.4 Å². The SMILES string of the molecule is CC1(c2ccccc2C(F)(F)F)CN=C(N)N1CC1CC1. The van der Waals surface area contributed by atoms with Crippen molar-refractivity contribution in [1.29, 1.82) is 0 Å². The second-order valence-electron chi connectivity index (χ2n) is 6.05. The zero-order valence-electron chi connectivity index (χ0n) is 11.8. The third-order valence-electron chi connectivity index (χ3n) is 4.37. The van der Waals surface area contributed by atoms with E-state index in [2.05, 4.69) is 4.99 Å². The van der Waals surface area contributed by atoms with Gasteiger partial charge in [-0.15, -0.1) is 0 Å². The summed E-state index contributed by atoms with van der Waals surface area (Å²) in [6.07, 6.45) is -2.15. The minimum Gasteiger partial charge on any atom is -0.370 e. The van der Waals surface area contributed by atoms with Crippen molar-refractivity contribution in [2.24, 2.45) is 16.6 Å². The molecule has 3 nitrogen and oxygen atoms in total. The van der Waals surface area contributed by atoms with Crippen molar-refractivity contribution in [2.45, 2.75) is 31.5 Å². The number of halogens is 3. The summed E-state index contributed by atoms with van der Waals surface area (Å²) < 4.78 is 39.9. The van der Waals surface area contributed by atoms with E-state index in [1.807, 2.05) is 4.90 Å². The summed E-state index contributed by atoms with van der Waals surface area (Å²) in [6, 6.07) is 5.72. The zero-order valence-corrected chi connectivity index (χ0v) is 11.8. The molecule has 1 saturated carbocycles. The predicted octanol–water partition coefficient (Wildman–Crippen LogP) is 2.96. The molecule has 1 aromatic rings. The van der Waals surface area contributed by atoms with Gasteiger partial charge in [-0.05, 0) is 37.3 Å². The number of hydrogen-bond acceptors (Lipinski definition) is 3. The number of benzene rings is 1. The molecule has 1 aliphatic carbocycles. The summed E-state index contributed by atoms with van der Waals surface area (Å²) in [5, 5.41) is 0. The van der Waals surface area contributed by atoms with Gasteiger partial charge in [0, 0.05) is 6.54 Å². The maximum Gasteiger partial charge on any atom is 0.416 e. The smallest absolute Gasteiger partial charge is 0.370 e. The van der Waals surface area contributed by atoms with Gasteiger partial charge in [-0.2, -0.15) is 13.2 Å². The van der Waals surface area contributed by atoms with E-state index in [9.17, 15) is 13.2 Å². The van der Waals surface area contributed by atoms with Crippen molar-refractivity contribution in [3.63, 3.8) is 0 Å². The van der Waals surface area contributed by atoms with Crippen LogP contribution in [-0.2, 0) is 11.7 Å². The summed E-state index contributed by atoms with van der Waals surface area (Å²) in [6.45, 7) is 2.74. The molecule has 0 aromatic heterocycles. The first kappa shape index (κ1) is 14.2. The van der Waals surface area contributed by atoms with Gasteiger partial charge < -0.3 is 10.6 Å². The van der Waals surface area contributed by atoms with Crippen LogP contribution in [0.25, 0.3) is 0 Å². The van der Waals surface area contributed by atoms with Crippen LogP contribution in [0.15, 0.2) is 29.3 Å². The third kappa shape index (κ3) is 2.47. The molecule has 2 aliphatic rings. The van der Waals surface area contributed by atoms with Crippen LogP contribution in [0.5, 0.6) is 0 Å². The van der Waals surface area contributed by atoms with Crippen LogP contribution in [-0.4, -0.2) is 23.9 Å². The van der Waals surface area contributed by atoms with Gasteiger partial charge in [-0.25, -0.2) is 0 Å². The van der Waals surface area contributed by atoms with Crippen molar-refractivity contribution in [3.8, 4) is 0 Å². The van der Waals surface area contributed by atoms with Gasteiger partial charge in [-0.3, -0.25) is 4.99 Å². The molecule has 1 atom stereocenters. The second kappa shape index (κ2) is 4.64. The number of nitrogens with two attached hydrogens (primary N) is 1. The van der Waals surface area contributed by atoms with E-state index in [1.165, 1.54) is 12.1 Å². The maximum absolute atomic E-state index is 13.3. The molecule has 1 heterocycles. The molecule has 21 heavy (non-hydrogen) atoms. The monoisotopic (exact) mass is 297 g/mol. The molecule has 0 spiro atoms. The minimum absolute atomic E-state index is 0.252. The molecule has 0 bridgehead atoms. The number of hydrogen-bond donors (Lipinski definition) is 1. The average molecular weight is 297 g/mol. The van der Waals surface area contributed by atoms with E-state index in [-0.39, 0.29) is 12.1 Å². The van der Waals surface area contributed by atoms with Crippen LogP contribution < -0.4 is 5.73 Å². The molecule has 0 radical (unpaired) electrons. The Labute approximate surface area is 121 Å². The summed E-state index contributed by atoms with van der Waals surface area (Å²) in [5.74, 6) is 0.871. The first-order chi connectivity index (χ1) is 9.82. The van der Waals surface area contributed by atoms with Crippen LogP contribution in [0.1, 0.15) is 30.9 Å². The Morgan fingerprint density at radius 2 is 2.00 bits per heavy atom. The molecule has 1 aliphatic heterocycles. The highest BCUT2D eigenvalue weighted by molar-refractivity contribution is 5.81. The lowest BCUT2D eigenvalue weighted by Crippen LogP contribution is -2.49. The summed E-state index contributed by atoms with van der Waals surface area (Å²) in [7, 11) is 0. The van der Waals surface area contributed by atoms with Crippen molar-refractivity contribution in [1.82, 2.24) is 4.90 Å². The molecule has 2 N–H and O–H groups in total. The molecular formula is C15H18F3N3. The Balaban J connectivity index is 2.02. The normalized spacial score (nSPS) is 26.1. The first-order valence-electron chi connectivity index (χ1n) is 7.06. The maximum atomic E-state index is 13.3. The highest BCUT2D eigenvalue weighted by atomic mass is 19.4. The van der Waals surface area contributed by atoms with Gasteiger partial charge >= 0.3 is 6.18 Å². The lowest BCUT2D eigenvalue weighted by Gasteiger charge is -2.38. The fourth-order valence-electron chi connectivity index (χ4n) is 2.94. The van der Waals surface area contributed by atoms with Crippen LogP contribution in [0.2, 0.25) is 0 Å². The lowest BCUT2D eigenvalue weighted by atomic mass is 9.86. The summed E-state index contributed by atoms with van der Waals surface area (Å²) in [4.78, 5) is 6.05. The van der Waals surface area contributed by atoms with Gasteiger partial charge in [0.1, 0.15) is 0 Å². The van der Waals surface area contributed by atoms with Gasteiger partial charge in [0.05, 0.1) is 17.6 Å². The van der Waals surface area contributed by atoms with Gasteiger partial charge in [0.15, 0.2) is 5.96 Å². The second-order valence-corrected chi connectivity index (χ2v) is 6.05. The van der Waals surface area contributed by atoms with E-state index in [1.54, 1.807) is 13.0 Å². The van der Waals surface area contributed by atoms with E-state index in [0.717, 1.165) is 18.9 Å². The van der Waals surface area contributed by atoms with E-state index in [4.69, 9.17) is 5.73 Å². The van der Waals surface area contributed by atoms with Gasteiger partial charge in [0.2, 0.25) is 0 Å². The highest BCUT2D eigenvalue weighted by Crippen LogP contribution is 2.43. The van der Waals surface area contributed by atoms with E-state index >= 15 is 0 Å². The number of alkyl halides is 3. The fraction of sp³-hybridized carbons (Fsp3) is 0.533. The highest BCUT2D eigenvalue weighted by Gasteiger charge is 2.46. The molecule has 0 amide bonds. The predicted molar refractivity (Wildman–Crippen MR) is 74.7 cm³/mol. The Morgan fingerprint density at radius 1 is 1.33 bits per heavy atom. The molecular weight excluding hydrogens is 279 g/mol. The van der Waals surface area contributed by atoms with Gasteiger partial charge in [-0.1, -0.05) is 18.2 Å². The quantitative estimate of drug-likeness (QED) is 0.932. The molecule has 3 rings (SSSR count). The number of guanidine groups is 1. The molecule has 1 fully saturated rings. The number of rotatable bonds is 3. The molecule has 1 aromatic carbocycles. The zero-order chi connectivity index (χ0) is 15.3. The Bertz CT molecular complexity index is 578. The average Bonchev–Trinajstić information content (AvgIpc) is 3.20. The van der Waals surface area contributed by atoms with E-state index in [0.29, 0.717) is 18.4 Å². The lowest BCUT2D eigenvalue weighted by molar-refractivity contribution is -0.139. The molecule has 114 valence electrons. The largest absolute Gasteiger partial charge is 0.416 e. The molecule has 1 unspecified atom stereocenters. The molecule has 6 heteroatoms. The first-order valence-corrected chi connectivity index (χ1v) is 7.06. The van der Waals surface area contributed by atoms with Crippen molar-refractivity contribution in [2.75, 3.05) is 13.1 Å². The Hall–Kier alpha value is -1.72. The summed E-state index contributed by atoms with van der Waals surface area (Å²) >= 11 is 0.